The Morgan fingerprint density at radius 1 is 0.680 bits per heavy atom. The minimum atomic E-state index is -0.679. The Bertz CT molecular complexity index is 296. The maximum absolute atomic E-state index is 10.6. The Balaban J connectivity index is 0. The van der Waals surface area contributed by atoms with E-state index < -0.39 is 5.97 Å². The van der Waals surface area contributed by atoms with Gasteiger partial charge >= 0.3 is 5.97 Å². The van der Waals surface area contributed by atoms with E-state index in [1.54, 1.807) is 0 Å². The van der Waals surface area contributed by atoms with Crippen LogP contribution in [0, 0.1) is 0 Å². The van der Waals surface area contributed by atoms with Crippen molar-refractivity contribution in [2.75, 3.05) is 27.2 Å². The summed E-state index contributed by atoms with van der Waals surface area (Å²) in [6.07, 6.45) is 19.7. The molecule has 0 aromatic carbocycles. The second kappa shape index (κ2) is 18.7. The maximum atomic E-state index is 10.6. The van der Waals surface area contributed by atoms with Crippen molar-refractivity contribution in [2.24, 2.45) is 0 Å². The fraction of sp³-hybridized carbons (Fsp3) is 0.952. The number of rotatable bonds is 18. The van der Waals surface area contributed by atoms with Crippen molar-refractivity contribution in [3.8, 4) is 0 Å². The summed E-state index contributed by atoms with van der Waals surface area (Å²) in [5.74, 6) is -0.679. The van der Waals surface area contributed by atoms with E-state index in [4.69, 9.17) is 5.11 Å². The molecule has 1 N–H and O–H groups in total. The van der Waals surface area contributed by atoms with Gasteiger partial charge in [0.05, 0.1) is 33.6 Å². The van der Waals surface area contributed by atoms with Crippen molar-refractivity contribution in [1.29, 1.82) is 0 Å². The molecule has 152 valence electrons. The molecule has 0 fully saturated rings. The number of hydrogen-bond donors (Lipinski definition) is 1. The quantitative estimate of drug-likeness (QED) is 0.272. The Labute approximate surface area is 167 Å². The number of carboxylic acid groups (broad SMARTS) is 1. The second-order valence-corrected chi connectivity index (χ2v) is 8.12. The number of carboxylic acids is 1. The third kappa shape index (κ3) is 21.9. The van der Waals surface area contributed by atoms with Crippen LogP contribution in [0.3, 0.4) is 0 Å². The molecule has 0 aromatic rings. The van der Waals surface area contributed by atoms with Gasteiger partial charge in [-0.1, -0.05) is 84.0 Å². The summed E-state index contributed by atoms with van der Waals surface area (Å²) in [5.41, 5.74) is 0. The highest BCUT2D eigenvalue weighted by Gasteiger charge is 2.15. The van der Waals surface area contributed by atoms with Gasteiger partial charge in [-0.25, -0.2) is 0 Å². The number of nitrogens with zero attached hydrogens (tertiary/aromatic N) is 1. The first-order chi connectivity index (χ1) is 11.5. The highest BCUT2D eigenvalue weighted by molar-refractivity contribution is 5.66. The number of unbranched alkanes of at least 4 members (excludes halogenated alkanes) is 13. The number of aliphatic carboxylic acids is 1. The van der Waals surface area contributed by atoms with Crippen molar-refractivity contribution >= 4 is 5.97 Å². The highest BCUT2D eigenvalue weighted by Crippen LogP contribution is 2.13. The summed E-state index contributed by atoms with van der Waals surface area (Å²) >= 11 is 0. The fourth-order valence-corrected chi connectivity index (χ4v) is 3.24. The van der Waals surface area contributed by atoms with Crippen molar-refractivity contribution in [2.45, 2.75) is 103 Å². The van der Waals surface area contributed by atoms with Crippen LogP contribution in [0.25, 0.3) is 0 Å². The standard InChI is InChI=1S/C21H43NO2.BrH/c1-4-5-6-7-8-9-10-11-12-13-14-15-16-17-19-22(2,3)20-18-21(23)24;/h4-20H2,1-3H3;1H. The lowest BCUT2D eigenvalue weighted by molar-refractivity contribution is -0.890. The van der Waals surface area contributed by atoms with Gasteiger partial charge in [0.2, 0.25) is 0 Å². The lowest BCUT2D eigenvalue weighted by Crippen LogP contribution is -3.00. The van der Waals surface area contributed by atoms with Gasteiger partial charge in [-0.05, 0) is 12.8 Å². The summed E-state index contributed by atoms with van der Waals surface area (Å²) in [6, 6.07) is 0. The Morgan fingerprint density at radius 3 is 1.40 bits per heavy atom. The van der Waals surface area contributed by atoms with E-state index in [-0.39, 0.29) is 23.4 Å². The topological polar surface area (TPSA) is 37.3 Å². The largest absolute Gasteiger partial charge is 1.00 e. The summed E-state index contributed by atoms with van der Waals surface area (Å²) in [6.45, 7) is 4.12. The number of quaternary nitrogens is 1. The molecular weight excluding hydrogens is 378 g/mol. The van der Waals surface area contributed by atoms with Gasteiger partial charge in [-0.2, -0.15) is 0 Å². The fourth-order valence-electron chi connectivity index (χ4n) is 3.24. The second-order valence-electron chi connectivity index (χ2n) is 8.12. The van der Waals surface area contributed by atoms with E-state index in [2.05, 4.69) is 21.0 Å². The van der Waals surface area contributed by atoms with Gasteiger partial charge in [-0.15, -0.1) is 0 Å². The molecule has 4 heteroatoms. The van der Waals surface area contributed by atoms with E-state index in [1.807, 2.05) is 0 Å². The molecule has 0 saturated heterocycles. The third-order valence-electron chi connectivity index (χ3n) is 5.05. The highest BCUT2D eigenvalue weighted by atomic mass is 79.9. The first-order valence-electron chi connectivity index (χ1n) is 10.5. The number of halogens is 1. The molecule has 0 bridgehead atoms. The van der Waals surface area contributed by atoms with Gasteiger partial charge in [0.1, 0.15) is 0 Å². The molecule has 0 aliphatic heterocycles. The molecule has 0 spiro atoms. The average molecular weight is 422 g/mol. The molecule has 0 saturated carbocycles. The van der Waals surface area contributed by atoms with Crippen molar-refractivity contribution < 1.29 is 31.4 Å². The molecule has 0 radical (unpaired) electrons. The summed E-state index contributed by atoms with van der Waals surface area (Å²) in [7, 11) is 4.29. The van der Waals surface area contributed by atoms with Gasteiger partial charge in [-0.3, -0.25) is 4.79 Å². The minimum Gasteiger partial charge on any atom is -1.00 e. The van der Waals surface area contributed by atoms with E-state index in [0.717, 1.165) is 17.6 Å². The molecule has 3 nitrogen and oxygen atoms in total. The molecule has 0 heterocycles. The molecule has 0 rings (SSSR count). The molecule has 0 aromatic heterocycles. The molecule has 0 aliphatic carbocycles. The zero-order valence-electron chi connectivity index (χ0n) is 17.2. The summed E-state index contributed by atoms with van der Waals surface area (Å²) in [5, 5.41) is 8.76. The summed E-state index contributed by atoms with van der Waals surface area (Å²) < 4.78 is 0.838. The smallest absolute Gasteiger partial charge is 0.309 e. The Morgan fingerprint density at radius 2 is 1.04 bits per heavy atom. The third-order valence-corrected chi connectivity index (χ3v) is 5.05. The zero-order chi connectivity index (χ0) is 18.1. The van der Waals surface area contributed by atoms with Crippen LogP contribution < -0.4 is 17.0 Å². The molecule has 0 amide bonds. The monoisotopic (exact) mass is 421 g/mol. The van der Waals surface area contributed by atoms with Crippen molar-refractivity contribution in [3.63, 3.8) is 0 Å². The predicted octanol–water partition coefficient (Wildman–Crippen LogP) is 3.02. The minimum absolute atomic E-state index is 0. The summed E-state index contributed by atoms with van der Waals surface area (Å²) in [4.78, 5) is 10.6. The van der Waals surface area contributed by atoms with Gasteiger partial charge < -0.3 is 26.6 Å². The van der Waals surface area contributed by atoms with Gasteiger partial charge in [0, 0.05) is 0 Å². The SMILES string of the molecule is CCCCCCCCCCCCCCCC[N+](C)(C)CCC(=O)O.[Br-]. The lowest BCUT2D eigenvalue weighted by atomic mass is 10.0. The molecule has 25 heavy (non-hydrogen) atoms. The van der Waals surface area contributed by atoms with Crippen LogP contribution in [-0.4, -0.2) is 42.7 Å². The Kier molecular flexibility index (Phi) is 20.3. The first-order valence-corrected chi connectivity index (χ1v) is 10.5. The van der Waals surface area contributed by atoms with Crippen molar-refractivity contribution in [1.82, 2.24) is 0 Å². The van der Waals surface area contributed by atoms with Crippen LogP contribution in [0.15, 0.2) is 0 Å². The maximum Gasteiger partial charge on any atom is 0.309 e. The van der Waals surface area contributed by atoms with E-state index in [1.165, 1.54) is 89.9 Å². The molecule has 0 aliphatic rings. The van der Waals surface area contributed by atoms with E-state index in [0.29, 0.717) is 0 Å². The van der Waals surface area contributed by atoms with Crippen molar-refractivity contribution in [3.05, 3.63) is 0 Å². The Hall–Kier alpha value is -0.0900. The number of carbonyl (C=O) groups is 1. The van der Waals surface area contributed by atoms with Crippen LogP contribution in [0.2, 0.25) is 0 Å². The lowest BCUT2D eigenvalue weighted by Gasteiger charge is -2.29. The van der Waals surface area contributed by atoms with Crippen LogP contribution in [0.1, 0.15) is 103 Å². The average Bonchev–Trinajstić information content (AvgIpc) is 2.53. The molecular formula is C21H44BrNO2. The molecule has 0 atom stereocenters. The predicted molar refractivity (Wildman–Crippen MR) is 104 cm³/mol. The van der Waals surface area contributed by atoms with Gasteiger partial charge in [0.25, 0.3) is 0 Å². The normalized spacial score (nSPS) is 11.3. The number of hydrogen-bond acceptors (Lipinski definition) is 1. The van der Waals surface area contributed by atoms with E-state index >= 15 is 0 Å². The van der Waals surface area contributed by atoms with Crippen LogP contribution in [0.4, 0.5) is 0 Å². The van der Waals surface area contributed by atoms with Crippen LogP contribution >= 0.6 is 0 Å². The van der Waals surface area contributed by atoms with E-state index in [9.17, 15) is 4.79 Å². The van der Waals surface area contributed by atoms with Crippen LogP contribution in [-0.2, 0) is 4.79 Å². The first kappa shape index (κ1) is 27.1. The van der Waals surface area contributed by atoms with Crippen LogP contribution in [0.5, 0.6) is 0 Å². The molecule has 0 unspecified atom stereocenters. The zero-order valence-corrected chi connectivity index (χ0v) is 18.8. The van der Waals surface area contributed by atoms with Gasteiger partial charge in [0.15, 0.2) is 0 Å².